The van der Waals surface area contributed by atoms with Crippen LogP contribution in [-0.2, 0) is 4.79 Å². The number of allylic oxidation sites excluding steroid dienone is 1. The van der Waals surface area contributed by atoms with Crippen LogP contribution in [0.4, 0.5) is 0 Å². The Kier molecular flexibility index (Phi) is 4.47. The smallest absolute Gasteiger partial charge is 0.155 e. The van der Waals surface area contributed by atoms with Crippen LogP contribution in [-0.4, -0.2) is 5.78 Å². The fraction of sp³-hybridized carbons (Fsp3) is 0.286. The summed E-state index contributed by atoms with van der Waals surface area (Å²) in [6, 6.07) is 9.26. The van der Waals surface area contributed by atoms with Crippen molar-refractivity contribution in [3.8, 4) is 6.07 Å². The first-order chi connectivity index (χ1) is 7.61. The normalized spacial score (nSPS) is 10.6. The predicted molar refractivity (Wildman–Crippen MR) is 64.7 cm³/mol. The average Bonchev–Trinajstić information content (AvgIpc) is 2.26. The lowest BCUT2D eigenvalue weighted by molar-refractivity contribution is -0.115. The number of hydrogen-bond acceptors (Lipinski definition) is 2. The Bertz CT molecular complexity index is 438. The molecule has 0 aromatic heterocycles. The van der Waals surface area contributed by atoms with Crippen molar-refractivity contribution in [2.24, 2.45) is 5.92 Å². The van der Waals surface area contributed by atoms with E-state index >= 15 is 0 Å². The second kappa shape index (κ2) is 5.87. The minimum absolute atomic E-state index is 0.123. The molecule has 1 aromatic carbocycles. The summed E-state index contributed by atoms with van der Waals surface area (Å²) < 4.78 is 0. The number of benzene rings is 1. The van der Waals surface area contributed by atoms with Crippen molar-refractivity contribution in [3.05, 3.63) is 41.5 Å². The summed E-state index contributed by atoms with van der Waals surface area (Å²) in [6.45, 7) is 4.03. The van der Waals surface area contributed by atoms with E-state index in [0.717, 1.165) is 5.56 Å². The topological polar surface area (TPSA) is 40.9 Å². The van der Waals surface area contributed by atoms with Crippen LogP contribution in [0.3, 0.4) is 0 Å². The quantitative estimate of drug-likeness (QED) is 0.721. The zero-order valence-corrected chi connectivity index (χ0v) is 9.60. The molecule has 0 bridgehead atoms. The number of nitrogens with zero attached hydrogens (tertiary/aromatic N) is 1. The lowest BCUT2D eigenvalue weighted by Crippen LogP contribution is -1.98. The molecule has 0 heterocycles. The van der Waals surface area contributed by atoms with E-state index in [-0.39, 0.29) is 5.78 Å². The molecule has 2 heteroatoms. The molecule has 0 aliphatic heterocycles. The van der Waals surface area contributed by atoms with Crippen molar-refractivity contribution < 1.29 is 4.79 Å². The molecule has 2 nitrogen and oxygen atoms in total. The van der Waals surface area contributed by atoms with Crippen molar-refractivity contribution in [3.63, 3.8) is 0 Å². The van der Waals surface area contributed by atoms with Crippen LogP contribution < -0.4 is 0 Å². The molecule has 16 heavy (non-hydrogen) atoms. The highest BCUT2D eigenvalue weighted by molar-refractivity contribution is 5.93. The summed E-state index contributed by atoms with van der Waals surface area (Å²) in [5, 5.41) is 8.72. The highest BCUT2D eigenvalue weighted by atomic mass is 16.1. The number of carbonyl (C=O) groups is 1. The number of carbonyl (C=O) groups excluding carboxylic acids is 1. The van der Waals surface area contributed by atoms with Gasteiger partial charge >= 0.3 is 0 Å². The lowest BCUT2D eigenvalue weighted by Gasteiger charge is -1.98. The summed E-state index contributed by atoms with van der Waals surface area (Å²) in [6.07, 6.45) is 3.90. The molecule has 0 spiro atoms. The first kappa shape index (κ1) is 12.2. The van der Waals surface area contributed by atoms with Crippen LogP contribution in [0.2, 0.25) is 0 Å². The molecule has 0 aliphatic rings. The minimum Gasteiger partial charge on any atom is -0.295 e. The van der Waals surface area contributed by atoms with Gasteiger partial charge in [0.25, 0.3) is 0 Å². The van der Waals surface area contributed by atoms with E-state index < -0.39 is 0 Å². The summed E-state index contributed by atoms with van der Waals surface area (Å²) in [4.78, 5) is 11.4. The third kappa shape index (κ3) is 4.10. The molecule has 0 saturated heterocycles. The molecule has 0 atom stereocenters. The van der Waals surface area contributed by atoms with Gasteiger partial charge in [0.15, 0.2) is 5.78 Å². The monoisotopic (exact) mass is 213 g/mol. The fourth-order valence-corrected chi connectivity index (χ4v) is 1.37. The Morgan fingerprint density at radius 2 is 2.25 bits per heavy atom. The SMILES string of the molecule is CC(C)CC(=O)C=Cc1cccc(C#N)c1. The maximum atomic E-state index is 11.4. The van der Waals surface area contributed by atoms with Crippen LogP contribution in [0, 0.1) is 17.2 Å². The van der Waals surface area contributed by atoms with Crippen LogP contribution in [0.1, 0.15) is 31.4 Å². The number of ketones is 1. The molecule has 0 N–H and O–H groups in total. The largest absolute Gasteiger partial charge is 0.295 e. The van der Waals surface area contributed by atoms with Gasteiger partial charge in [-0.15, -0.1) is 0 Å². The number of rotatable bonds is 4. The van der Waals surface area contributed by atoms with Gasteiger partial charge in [-0.05, 0) is 29.7 Å². The molecule has 0 saturated carbocycles. The van der Waals surface area contributed by atoms with E-state index in [4.69, 9.17) is 5.26 Å². The van der Waals surface area contributed by atoms with E-state index in [1.165, 1.54) is 0 Å². The summed E-state index contributed by atoms with van der Waals surface area (Å²) in [7, 11) is 0. The van der Waals surface area contributed by atoms with Crippen LogP contribution >= 0.6 is 0 Å². The van der Waals surface area contributed by atoms with Gasteiger partial charge in [0, 0.05) is 6.42 Å². The third-order valence-corrected chi connectivity index (χ3v) is 2.09. The molecule has 0 unspecified atom stereocenters. The van der Waals surface area contributed by atoms with Crippen LogP contribution in [0.15, 0.2) is 30.3 Å². The van der Waals surface area contributed by atoms with Gasteiger partial charge in [-0.25, -0.2) is 0 Å². The molecular formula is C14H15NO. The Morgan fingerprint density at radius 1 is 1.50 bits per heavy atom. The molecular weight excluding hydrogens is 198 g/mol. The highest BCUT2D eigenvalue weighted by Crippen LogP contribution is 2.07. The van der Waals surface area contributed by atoms with Crippen molar-refractivity contribution in [2.75, 3.05) is 0 Å². The maximum absolute atomic E-state index is 11.4. The highest BCUT2D eigenvalue weighted by Gasteiger charge is 2.00. The van der Waals surface area contributed by atoms with Gasteiger partial charge in [0.05, 0.1) is 11.6 Å². The van der Waals surface area contributed by atoms with Gasteiger partial charge in [0.1, 0.15) is 0 Å². The Morgan fingerprint density at radius 3 is 2.88 bits per heavy atom. The van der Waals surface area contributed by atoms with E-state index in [1.54, 1.807) is 24.3 Å². The van der Waals surface area contributed by atoms with Gasteiger partial charge in [-0.2, -0.15) is 5.26 Å². The maximum Gasteiger partial charge on any atom is 0.155 e. The Labute approximate surface area is 96.2 Å². The standard InChI is InChI=1S/C14H15NO/c1-11(2)8-14(16)7-6-12-4-3-5-13(9-12)10-15/h3-7,9,11H,8H2,1-2H3. The number of nitriles is 1. The fourth-order valence-electron chi connectivity index (χ4n) is 1.37. The number of hydrogen-bond donors (Lipinski definition) is 0. The van der Waals surface area contributed by atoms with Crippen molar-refractivity contribution >= 4 is 11.9 Å². The van der Waals surface area contributed by atoms with E-state index in [9.17, 15) is 4.79 Å². The molecule has 0 radical (unpaired) electrons. The van der Waals surface area contributed by atoms with Gasteiger partial charge < -0.3 is 0 Å². The average molecular weight is 213 g/mol. The molecule has 0 aliphatic carbocycles. The molecule has 1 aromatic rings. The van der Waals surface area contributed by atoms with Crippen LogP contribution in [0.5, 0.6) is 0 Å². The second-order valence-electron chi connectivity index (χ2n) is 4.13. The first-order valence-electron chi connectivity index (χ1n) is 5.33. The first-order valence-corrected chi connectivity index (χ1v) is 5.33. The second-order valence-corrected chi connectivity index (χ2v) is 4.13. The summed E-state index contributed by atoms with van der Waals surface area (Å²) in [5.41, 5.74) is 1.50. The third-order valence-electron chi connectivity index (χ3n) is 2.09. The van der Waals surface area contributed by atoms with Crippen molar-refractivity contribution in [2.45, 2.75) is 20.3 Å². The Hall–Kier alpha value is -1.88. The van der Waals surface area contributed by atoms with Gasteiger partial charge in [-0.3, -0.25) is 4.79 Å². The minimum atomic E-state index is 0.123. The predicted octanol–water partition coefficient (Wildman–Crippen LogP) is 3.19. The van der Waals surface area contributed by atoms with Gasteiger partial charge in [-0.1, -0.05) is 32.1 Å². The molecule has 0 fully saturated rings. The van der Waals surface area contributed by atoms with E-state index in [2.05, 4.69) is 6.07 Å². The molecule has 82 valence electrons. The van der Waals surface area contributed by atoms with Gasteiger partial charge in [0.2, 0.25) is 0 Å². The van der Waals surface area contributed by atoms with E-state index in [1.807, 2.05) is 26.0 Å². The summed E-state index contributed by atoms with van der Waals surface area (Å²) >= 11 is 0. The van der Waals surface area contributed by atoms with Crippen molar-refractivity contribution in [1.29, 1.82) is 5.26 Å². The molecule has 1 rings (SSSR count). The molecule has 0 amide bonds. The summed E-state index contributed by atoms with van der Waals surface area (Å²) in [5.74, 6) is 0.500. The zero-order valence-electron chi connectivity index (χ0n) is 9.60. The van der Waals surface area contributed by atoms with E-state index in [0.29, 0.717) is 17.9 Å². The zero-order chi connectivity index (χ0) is 12.0. The Balaban J connectivity index is 2.69. The lowest BCUT2D eigenvalue weighted by atomic mass is 10.1. The van der Waals surface area contributed by atoms with Crippen LogP contribution in [0.25, 0.3) is 6.08 Å². The van der Waals surface area contributed by atoms with Crippen molar-refractivity contribution in [1.82, 2.24) is 0 Å².